The van der Waals surface area contributed by atoms with Crippen molar-refractivity contribution in [3.8, 4) is 0 Å². The van der Waals surface area contributed by atoms with Gasteiger partial charge in [0.1, 0.15) is 0 Å². The molecule has 9 heteroatoms. The maximum atomic E-state index is 13.3. The molecule has 4 rings (SSSR count). The van der Waals surface area contributed by atoms with E-state index in [0.29, 0.717) is 43.0 Å². The Kier molecular flexibility index (Phi) is 8.37. The lowest BCUT2D eigenvalue weighted by atomic mass is 9.80. The van der Waals surface area contributed by atoms with Crippen LogP contribution in [0.2, 0.25) is 0 Å². The van der Waals surface area contributed by atoms with Crippen LogP contribution in [0.3, 0.4) is 0 Å². The Bertz CT molecular complexity index is 1280. The maximum Gasteiger partial charge on any atom is 0.416 e. The van der Waals surface area contributed by atoms with E-state index in [1.54, 1.807) is 41.3 Å². The number of rotatable bonds is 7. The second kappa shape index (κ2) is 11.2. The number of halogens is 3. The predicted octanol–water partition coefficient (Wildman–Crippen LogP) is 5.67. The number of alkyl halides is 3. The molecule has 38 heavy (non-hydrogen) atoms. The molecular formula is C29H35F3N2O3S. The molecule has 0 radical (unpaired) electrons. The van der Waals surface area contributed by atoms with E-state index in [2.05, 4.69) is 25.8 Å². The van der Waals surface area contributed by atoms with Crippen molar-refractivity contribution in [3.05, 3.63) is 71.8 Å². The summed E-state index contributed by atoms with van der Waals surface area (Å²) in [4.78, 5) is 17.6. The number of hydrogen-bond donors (Lipinski definition) is 0. The molecule has 2 aromatic rings. The van der Waals surface area contributed by atoms with Crippen molar-refractivity contribution in [2.45, 2.75) is 68.7 Å². The van der Waals surface area contributed by atoms with Crippen LogP contribution in [0.4, 0.5) is 13.2 Å². The lowest BCUT2D eigenvalue weighted by Gasteiger charge is -2.46. The summed E-state index contributed by atoms with van der Waals surface area (Å²) in [6.45, 7) is 4.56. The number of hydrogen-bond acceptors (Lipinski definition) is 4. The number of benzene rings is 2. The molecule has 206 valence electrons. The molecule has 1 saturated carbocycles. The first kappa shape index (κ1) is 28.4. The molecule has 0 saturated heterocycles. The molecule has 2 unspecified atom stereocenters. The maximum absolute atomic E-state index is 13.3. The molecule has 2 aliphatic rings. The Morgan fingerprint density at radius 2 is 1.76 bits per heavy atom. The smallest absolute Gasteiger partial charge is 0.336 e. The monoisotopic (exact) mass is 548 g/mol. The average Bonchev–Trinajstić information content (AvgIpc) is 2.88. The summed E-state index contributed by atoms with van der Waals surface area (Å²) >= 11 is 0. The van der Waals surface area contributed by atoms with Crippen molar-refractivity contribution >= 4 is 21.3 Å². The van der Waals surface area contributed by atoms with Crippen LogP contribution >= 0.6 is 0 Å². The lowest BCUT2D eigenvalue weighted by molar-refractivity contribution is -0.137. The normalized spacial score (nSPS) is 23.2. The highest BCUT2D eigenvalue weighted by Gasteiger charge is 2.41. The van der Waals surface area contributed by atoms with Gasteiger partial charge in [-0.15, -0.1) is 0 Å². The van der Waals surface area contributed by atoms with E-state index >= 15 is 0 Å². The first-order valence-electron chi connectivity index (χ1n) is 13.1. The molecule has 0 spiro atoms. The van der Waals surface area contributed by atoms with E-state index in [1.807, 2.05) is 0 Å². The van der Waals surface area contributed by atoms with Gasteiger partial charge in [0.2, 0.25) is 5.91 Å². The van der Waals surface area contributed by atoms with Gasteiger partial charge in [-0.1, -0.05) is 30.3 Å². The minimum absolute atomic E-state index is 0.0574. The highest BCUT2D eigenvalue weighted by atomic mass is 32.2. The number of carbonyl (C=O) groups is 1. The van der Waals surface area contributed by atoms with Crippen molar-refractivity contribution in [1.29, 1.82) is 0 Å². The van der Waals surface area contributed by atoms with Crippen molar-refractivity contribution in [2.75, 3.05) is 19.3 Å². The van der Waals surface area contributed by atoms with E-state index in [0.717, 1.165) is 18.6 Å². The lowest BCUT2D eigenvalue weighted by Crippen LogP contribution is -2.53. The topological polar surface area (TPSA) is 57.7 Å². The summed E-state index contributed by atoms with van der Waals surface area (Å²) in [6, 6.07) is 13.7. The molecular weight excluding hydrogens is 513 g/mol. The van der Waals surface area contributed by atoms with Crippen LogP contribution in [0.25, 0.3) is 5.57 Å². The summed E-state index contributed by atoms with van der Waals surface area (Å²) in [5.74, 6) is -0.586. The molecule has 1 aliphatic carbocycles. The molecule has 1 heterocycles. The zero-order valence-electron chi connectivity index (χ0n) is 22.0. The van der Waals surface area contributed by atoms with Crippen molar-refractivity contribution < 1.29 is 26.4 Å². The second-order valence-electron chi connectivity index (χ2n) is 10.7. The van der Waals surface area contributed by atoms with Crippen LogP contribution in [0.5, 0.6) is 0 Å². The van der Waals surface area contributed by atoms with Crippen molar-refractivity contribution in [2.24, 2.45) is 5.92 Å². The Hall–Kier alpha value is -2.65. The fraction of sp³-hybridized carbons (Fsp3) is 0.483. The van der Waals surface area contributed by atoms with Gasteiger partial charge in [-0.2, -0.15) is 13.2 Å². The van der Waals surface area contributed by atoms with E-state index in [4.69, 9.17) is 0 Å². The third-order valence-corrected chi connectivity index (χ3v) is 9.86. The molecule has 1 aliphatic heterocycles. The van der Waals surface area contributed by atoms with Crippen LogP contribution in [0.15, 0.2) is 65.6 Å². The third kappa shape index (κ3) is 6.31. The van der Waals surface area contributed by atoms with E-state index in [-0.39, 0.29) is 34.6 Å². The molecule has 0 N–H and O–H groups in total. The van der Waals surface area contributed by atoms with Gasteiger partial charge in [-0.05, 0) is 87.9 Å². The Balaban J connectivity index is 1.59. The first-order valence-corrected chi connectivity index (χ1v) is 14.7. The van der Waals surface area contributed by atoms with E-state index in [1.165, 1.54) is 12.1 Å². The number of amides is 1. The van der Waals surface area contributed by atoms with Gasteiger partial charge in [0.15, 0.2) is 9.84 Å². The largest absolute Gasteiger partial charge is 0.416 e. The summed E-state index contributed by atoms with van der Waals surface area (Å²) in [5.41, 5.74) is 0.210. The summed E-state index contributed by atoms with van der Waals surface area (Å²) in [5, 5.41) is 0. The standard InChI is InChI=1S/C29H35F3N2O3S/c1-20(2)33(3)25-12-13-27(23(17-25)19-38(36,37)26-10-5-4-6-11-26)34-15-14-22(18-28(34)35)21-8-7-9-24(16-21)29(30,31)32/h4-11,16,18,20,23,25,27H,12-15,17,19H2,1-3H3/t23-,25?,27?/m0/s1. The fourth-order valence-corrected chi connectivity index (χ4v) is 7.40. The quantitative estimate of drug-likeness (QED) is 0.447. The summed E-state index contributed by atoms with van der Waals surface area (Å²) in [7, 11) is -1.52. The summed E-state index contributed by atoms with van der Waals surface area (Å²) < 4.78 is 66.3. The van der Waals surface area contributed by atoms with E-state index < -0.39 is 21.6 Å². The molecule has 1 fully saturated rings. The summed E-state index contributed by atoms with van der Waals surface area (Å²) in [6.07, 6.45) is -0.449. The van der Waals surface area contributed by atoms with Gasteiger partial charge in [-0.25, -0.2) is 8.42 Å². The first-order chi connectivity index (χ1) is 17.9. The third-order valence-electron chi connectivity index (χ3n) is 8.00. The number of nitrogens with zero attached hydrogens (tertiary/aromatic N) is 2. The SMILES string of the molecule is CC(C)N(C)C1CCC(N2CCC(c3cccc(C(F)(F)F)c3)=CC2=O)[C@H](CS(=O)(=O)c2ccccc2)C1. The molecule has 2 aromatic carbocycles. The number of carbonyl (C=O) groups excluding carboxylic acids is 1. The Morgan fingerprint density at radius 3 is 2.39 bits per heavy atom. The van der Waals surface area contributed by atoms with Gasteiger partial charge in [0.05, 0.1) is 16.2 Å². The Morgan fingerprint density at radius 1 is 1.05 bits per heavy atom. The zero-order chi connectivity index (χ0) is 27.7. The number of sulfone groups is 1. The van der Waals surface area contributed by atoms with Gasteiger partial charge in [0.25, 0.3) is 0 Å². The highest BCUT2D eigenvalue weighted by Crippen LogP contribution is 2.37. The van der Waals surface area contributed by atoms with Crippen molar-refractivity contribution in [1.82, 2.24) is 9.80 Å². The minimum atomic E-state index is -4.46. The van der Waals surface area contributed by atoms with Crippen LogP contribution in [-0.2, 0) is 20.8 Å². The van der Waals surface area contributed by atoms with Crippen LogP contribution < -0.4 is 0 Å². The van der Waals surface area contributed by atoms with Gasteiger partial charge in [-0.3, -0.25) is 4.79 Å². The van der Waals surface area contributed by atoms with Gasteiger partial charge in [0, 0.05) is 30.7 Å². The fourth-order valence-electron chi connectivity index (χ4n) is 5.72. The van der Waals surface area contributed by atoms with Crippen LogP contribution in [0, 0.1) is 5.92 Å². The van der Waals surface area contributed by atoms with E-state index in [9.17, 15) is 26.4 Å². The highest BCUT2D eigenvalue weighted by molar-refractivity contribution is 7.91. The van der Waals surface area contributed by atoms with Crippen LogP contribution in [-0.4, -0.2) is 61.6 Å². The molecule has 1 amide bonds. The van der Waals surface area contributed by atoms with Gasteiger partial charge >= 0.3 is 6.18 Å². The van der Waals surface area contributed by atoms with Crippen molar-refractivity contribution in [3.63, 3.8) is 0 Å². The molecule has 5 nitrogen and oxygen atoms in total. The minimum Gasteiger partial charge on any atom is -0.336 e. The molecule has 0 aromatic heterocycles. The zero-order valence-corrected chi connectivity index (χ0v) is 22.8. The second-order valence-corrected chi connectivity index (χ2v) is 12.7. The average molecular weight is 549 g/mol. The molecule has 0 bridgehead atoms. The van der Waals surface area contributed by atoms with Gasteiger partial charge < -0.3 is 9.80 Å². The predicted molar refractivity (Wildman–Crippen MR) is 142 cm³/mol. The van der Waals surface area contributed by atoms with Crippen LogP contribution in [0.1, 0.15) is 50.7 Å². The Labute approximate surface area is 223 Å². The molecule has 3 atom stereocenters.